The largest absolute Gasteiger partial charge is 0.462 e. The Balaban J connectivity index is 1.36. The van der Waals surface area contributed by atoms with Crippen molar-refractivity contribution in [2.24, 2.45) is 35.5 Å². The van der Waals surface area contributed by atoms with Gasteiger partial charge < -0.3 is 39.0 Å². The molecule has 4 heterocycles. The third kappa shape index (κ3) is 4.03. The van der Waals surface area contributed by atoms with Crippen molar-refractivity contribution in [1.29, 1.82) is 0 Å². The third-order valence-electron chi connectivity index (χ3n) is 13.4. The molecule has 3 bridgehead atoms. The van der Waals surface area contributed by atoms with Gasteiger partial charge in [0, 0.05) is 30.1 Å². The number of esters is 1. The van der Waals surface area contributed by atoms with Gasteiger partial charge in [0.25, 0.3) is 5.97 Å². The highest BCUT2D eigenvalue weighted by atomic mass is 16.9. The van der Waals surface area contributed by atoms with Crippen molar-refractivity contribution < 1.29 is 48.6 Å². The lowest BCUT2D eigenvalue weighted by Crippen LogP contribution is -2.74. The molecule has 7 aliphatic rings. The number of hydrogen-bond acceptors (Lipinski definition) is 10. The van der Waals surface area contributed by atoms with E-state index >= 15 is 0 Å². The molecule has 256 valence electrons. The zero-order valence-corrected chi connectivity index (χ0v) is 27.6. The molecule has 0 radical (unpaired) electrons. The van der Waals surface area contributed by atoms with E-state index in [1.54, 1.807) is 24.3 Å². The minimum absolute atomic E-state index is 0.00214. The number of Topliss-reactive ketones (excluding diaryl/α,β-unsaturated/α-hetero) is 1. The molecule has 8 rings (SSSR count). The Kier molecular flexibility index (Phi) is 7.27. The molecule has 10 heteroatoms. The number of rotatable bonds is 5. The number of fused-ring (bicyclic) bond motifs is 1. The van der Waals surface area contributed by atoms with Crippen LogP contribution in [0.15, 0.2) is 42.5 Å². The Labute approximate surface area is 275 Å². The third-order valence-corrected chi connectivity index (χ3v) is 13.4. The number of ether oxygens (including phenoxy) is 5. The second-order valence-electron chi connectivity index (χ2n) is 15.7. The van der Waals surface area contributed by atoms with E-state index in [0.717, 1.165) is 44.1 Å². The van der Waals surface area contributed by atoms with E-state index in [4.69, 9.17) is 23.7 Å². The first-order valence-electron chi connectivity index (χ1n) is 17.6. The lowest BCUT2D eigenvalue weighted by atomic mass is 9.51. The molecule has 4 saturated heterocycles. The summed E-state index contributed by atoms with van der Waals surface area (Å²) in [5, 5.41) is 36.0. The average Bonchev–Trinajstić information content (AvgIpc) is 3.70. The summed E-state index contributed by atoms with van der Waals surface area (Å²) in [5.74, 6) is -5.64. The van der Waals surface area contributed by atoms with Crippen molar-refractivity contribution in [2.75, 3.05) is 13.2 Å². The molecule has 3 saturated carbocycles. The van der Waals surface area contributed by atoms with Gasteiger partial charge in [0.15, 0.2) is 11.4 Å². The first kappa shape index (κ1) is 32.0. The van der Waals surface area contributed by atoms with E-state index in [9.17, 15) is 24.9 Å². The quantitative estimate of drug-likeness (QED) is 0.245. The number of epoxide rings is 1. The van der Waals surface area contributed by atoms with Crippen molar-refractivity contribution in [1.82, 2.24) is 0 Å². The van der Waals surface area contributed by atoms with Gasteiger partial charge in [0.1, 0.15) is 29.5 Å². The van der Waals surface area contributed by atoms with Crippen LogP contribution in [-0.4, -0.2) is 87.0 Å². The van der Waals surface area contributed by atoms with Crippen LogP contribution in [0.1, 0.15) is 82.5 Å². The summed E-state index contributed by atoms with van der Waals surface area (Å²) >= 11 is 0. The minimum atomic E-state index is -2.30. The van der Waals surface area contributed by atoms with Crippen LogP contribution in [-0.2, 0) is 28.5 Å². The van der Waals surface area contributed by atoms with Gasteiger partial charge in [-0.15, -0.1) is 0 Å². The van der Waals surface area contributed by atoms with E-state index in [1.165, 1.54) is 0 Å². The Morgan fingerprint density at radius 1 is 1.04 bits per heavy atom. The molecule has 47 heavy (non-hydrogen) atoms. The van der Waals surface area contributed by atoms with E-state index < -0.39 is 88.7 Å². The van der Waals surface area contributed by atoms with Gasteiger partial charge in [-0.25, -0.2) is 4.79 Å². The molecule has 1 aromatic carbocycles. The van der Waals surface area contributed by atoms with Crippen LogP contribution in [0, 0.1) is 35.5 Å². The number of carbonyl (C=O) groups excluding carboxylic acids is 2. The van der Waals surface area contributed by atoms with E-state index in [1.807, 2.05) is 19.9 Å². The maximum atomic E-state index is 14.5. The molecule has 7 fully saturated rings. The van der Waals surface area contributed by atoms with Gasteiger partial charge in [-0.3, -0.25) is 4.79 Å². The summed E-state index contributed by atoms with van der Waals surface area (Å²) in [4.78, 5) is 28.0. The van der Waals surface area contributed by atoms with Crippen molar-refractivity contribution in [2.45, 2.75) is 119 Å². The van der Waals surface area contributed by atoms with E-state index in [-0.39, 0.29) is 18.4 Å². The molecule has 3 N–H and O–H groups in total. The van der Waals surface area contributed by atoms with Crippen molar-refractivity contribution >= 4 is 11.8 Å². The monoisotopic (exact) mass is 652 g/mol. The van der Waals surface area contributed by atoms with Gasteiger partial charge in [-0.1, -0.05) is 70.7 Å². The van der Waals surface area contributed by atoms with Gasteiger partial charge >= 0.3 is 5.97 Å². The van der Waals surface area contributed by atoms with E-state index in [0.29, 0.717) is 18.4 Å². The summed E-state index contributed by atoms with van der Waals surface area (Å²) in [7, 11) is 0. The van der Waals surface area contributed by atoms with Crippen LogP contribution >= 0.6 is 0 Å². The van der Waals surface area contributed by atoms with Crippen LogP contribution in [0.2, 0.25) is 0 Å². The van der Waals surface area contributed by atoms with Crippen LogP contribution in [0.5, 0.6) is 0 Å². The highest BCUT2D eigenvalue weighted by Gasteiger charge is 2.90. The highest BCUT2D eigenvalue weighted by molar-refractivity contribution is 5.94. The summed E-state index contributed by atoms with van der Waals surface area (Å²) in [6, 6.07) is 8.77. The molecule has 2 spiro atoms. The molecule has 0 unspecified atom stereocenters. The van der Waals surface area contributed by atoms with Crippen LogP contribution in [0.3, 0.4) is 0 Å². The van der Waals surface area contributed by atoms with Crippen LogP contribution in [0.25, 0.3) is 0 Å². The molecule has 3 aliphatic carbocycles. The Morgan fingerprint density at radius 3 is 2.49 bits per heavy atom. The summed E-state index contributed by atoms with van der Waals surface area (Å²) < 4.78 is 33.7. The molecular formula is C37H48O10. The molecule has 10 nitrogen and oxygen atoms in total. The maximum absolute atomic E-state index is 14.5. The second-order valence-corrected chi connectivity index (χ2v) is 15.7. The minimum Gasteiger partial charge on any atom is -0.462 e. The van der Waals surface area contributed by atoms with Gasteiger partial charge in [0.05, 0.1) is 24.4 Å². The Hall–Kier alpha value is -2.18. The fourth-order valence-electron chi connectivity index (χ4n) is 11.2. The van der Waals surface area contributed by atoms with Gasteiger partial charge in [-0.2, -0.15) is 0 Å². The predicted molar refractivity (Wildman–Crippen MR) is 167 cm³/mol. The number of aliphatic hydroxyl groups is 3. The summed E-state index contributed by atoms with van der Waals surface area (Å²) in [6.45, 7) is 9.56. The number of hydrogen-bond donors (Lipinski definition) is 3. The maximum Gasteiger partial charge on any atom is 0.338 e. The zero-order valence-electron chi connectivity index (χ0n) is 27.6. The standard InChI is InChI=1S/C37H48O10/c1-20(2)33-17-24(18-43-31(40)23-14-10-8-11-15-23)37-26-29(33)45-35(46-33,47-37)16-12-7-5-6-9-13-21(3)25-22(4)28(39)36(42,27(25)37)32(41)34(19-38)30(26)44-34/h8,10-11,14-15,21-22,24-27,29-30,32,38,41-42H,1,5-7,9,12-13,16-19H2,2-4H3/t21-,22-,24-,25-,26+,27+,29+,30-,32+,33+,34-,35+,36+,37+/m0/s1. The molecule has 1 aromatic rings. The first-order chi connectivity index (χ1) is 22.4. The Bertz CT molecular complexity index is 1470. The van der Waals surface area contributed by atoms with Crippen molar-refractivity contribution in [3.63, 3.8) is 0 Å². The molecular weight excluding hydrogens is 604 g/mol. The number of aliphatic hydroxyl groups excluding tert-OH is 2. The molecule has 14 atom stereocenters. The van der Waals surface area contributed by atoms with Crippen LogP contribution in [0.4, 0.5) is 0 Å². The first-order valence-corrected chi connectivity index (χ1v) is 17.6. The number of carbonyl (C=O) groups is 2. The van der Waals surface area contributed by atoms with Crippen molar-refractivity contribution in [3.05, 3.63) is 48.0 Å². The lowest BCUT2D eigenvalue weighted by molar-refractivity contribution is -0.438. The summed E-state index contributed by atoms with van der Waals surface area (Å²) in [5.41, 5.74) is -5.20. The second kappa shape index (κ2) is 10.7. The molecule has 4 aliphatic heterocycles. The number of ketones is 1. The topological polar surface area (TPSA) is 144 Å². The van der Waals surface area contributed by atoms with E-state index in [2.05, 4.69) is 13.5 Å². The zero-order chi connectivity index (χ0) is 33.1. The summed E-state index contributed by atoms with van der Waals surface area (Å²) in [6.07, 6.45) is 3.21. The smallest absolute Gasteiger partial charge is 0.338 e. The molecule has 0 aromatic heterocycles. The highest BCUT2D eigenvalue weighted by Crippen LogP contribution is 2.75. The fourth-order valence-corrected chi connectivity index (χ4v) is 11.2. The predicted octanol–water partition coefficient (Wildman–Crippen LogP) is 3.70. The van der Waals surface area contributed by atoms with Crippen molar-refractivity contribution in [3.8, 4) is 0 Å². The normalized spacial score (nSPS) is 51.2. The van der Waals surface area contributed by atoms with Crippen LogP contribution < -0.4 is 0 Å². The average molecular weight is 653 g/mol. The molecule has 0 amide bonds. The number of benzene rings is 1. The lowest BCUT2D eigenvalue weighted by Gasteiger charge is -2.61. The van der Waals surface area contributed by atoms with Gasteiger partial charge in [0.2, 0.25) is 0 Å². The SMILES string of the molecule is C=C(C)[C@]12C[C@@H](COC(=O)c3ccccc3)[C@@]34O[C@@]5(CCCCCCC[C@H](C)[C@H]6[C@H](C)C(=O)[C@@](O)([C@H](O)[C@@]7(CO)O[C@H]7[C@H]3[C@H]1O5)[C@@H]64)O2. The van der Waals surface area contributed by atoms with Gasteiger partial charge in [-0.05, 0) is 49.3 Å². The fraction of sp³-hybridized carbons (Fsp3) is 0.730. The Morgan fingerprint density at radius 2 is 1.77 bits per heavy atom.